The third-order valence-corrected chi connectivity index (χ3v) is 1.57. The Morgan fingerprint density at radius 2 is 2.00 bits per heavy atom. The number of nitrogens with two attached hydrogens (primary N) is 1. The maximum atomic E-state index is 13.2. The van der Waals surface area contributed by atoms with Gasteiger partial charge in [0.2, 0.25) is 0 Å². The normalized spacial score (nSPS) is 10.9. The van der Waals surface area contributed by atoms with Gasteiger partial charge in [-0.3, -0.25) is 0 Å². The molecule has 0 heterocycles. The lowest BCUT2D eigenvalue weighted by Gasteiger charge is -2.06. The number of hydrazone groups is 1. The first-order valence-electron chi connectivity index (χ1n) is 3.56. The number of halogens is 3. The molecule has 0 saturated heterocycles. The zero-order valence-electron chi connectivity index (χ0n) is 7.22. The van der Waals surface area contributed by atoms with Crippen LogP contribution in [0.2, 0.25) is 0 Å². The molecule has 0 aliphatic rings. The molecule has 0 spiro atoms. The predicted octanol–water partition coefficient (Wildman–Crippen LogP) is 1.41. The van der Waals surface area contributed by atoms with Crippen LogP contribution < -0.4 is 10.6 Å². The Morgan fingerprint density at radius 3 is 2.50 bits per heavy atom. The minimum Gasteiger partial charge on any atom is -0.491 e. The van der Waals surface area contributed by atoms with Crippen molar-refractivity contribution in [3.63, 3.8) is 0 Å². The molecule has 0 aliphatic heterocycles. The Kier molecular flexibility index (Phi) is 2.95. The van der Waals surface area contributed by atoms with E-state index >= 15 is 0 Å². The average molecular weight is 204 g/mol. The zero-order chi connectivity index (χ0) is 10.7. The van der Waals surface area contributed by atoms with Crippen molar-refractivity contribution in [2.24, 2.45) is 10.9 Å². The quantitative estimate of drug-likeness (QED) is 0.449. The largest absolute Gasteiger partial charge is 0.491 e. The molecule has 14 heavy (non-hydrogen) atoms. The molecular formula is C8H7F3N2O. The Bertz CT molecular complexity index is 379. The summed E-state index contributed by atoms with van der Waals surface area (Å²) in [6, 6.07) is 0.499. The van der Waals surface area contributed by atoms with Crippen molar-refractivity contribution in [1.82, 2.24) is 0 Å². The van der Waals surface area contributed by atoms with E-state index in [-0.39, 0.29) is 0 Å². The summed E-state index contributed by atoms with van der Waals surface area (Å²) in [7, 11) is 1.07. The maximum Gasteiger partial charge on any atom is 0.191 e. The van der Waals surface area contributed by atoms with Gasteiger partial charge in [-0.1, -0.05) is 0 Å². The second-order valence-electron chi connectivity index (χ2n) is 2.38. The molecule has 0 unspecified atom stereocenters. The van der Waals surface area contributed by atoms with Crippen molar-refractivity contribution in [2.75, 3.05) is 7.11 Å². The van der Waals surface area contributed by atoms with Crippen LogP contribution in [0.5, 0.6) is 5.75 Å². The van der Waals surface area contributed by atoms with E-state index in [0.29, 0.717) is 6.07 Å². The van der Waals surface area contributed by atoms with E-state index in [0.717, 1.165) is 13.3 Å². The van der Waals surface area contributed by atoms with Crippen LogP contribution in [-0.4, -0.2) is 13.3 Å². The number of hydrogen-bond donors (Lipinski definition) is 1. The zero-order valence-corrected chi connectivity index (χ0v) is 7.22. The molecule has 0 aliphatic carbocycles. The van der Waals surface area contributed by atoms with Crippen LogP contribution >= 0.6 is 0 Å². The van der Waals surface area contributed by atoms with Gasteiger partial charge in [-0.2, -0.15) is 5.10 Å². The summed E-state index contributed by atoms with van der Waals surface area (Å²) in [5.74, 6) is 0.694. The van der Waals surface area contributed by atoms with Gasteiger partial charge in [0.1, 0.15) is 5.82 Å². The molecule has 1 rings (SSSR count). The topological polar surface area (TPSA) is 47.6 Å². The molecule has 1 aromatic carbocycles. The van der Waals surface area contributed by atoms with Crippen molar-refractivity contribution in [3.05, 3.63) is 29.1 Å². The first-order valence-corrected chi connectivity index (χ1v) is 3.56. The summed E-state index contributed by atoms with van der Waals surface area (Å²) in [6.07, 6.45) is 0.743. The maximum absolute atomic E-state index is 13.2. The number of benzene rings is 1. The molecule has 2 N–H and O–H groups in total. The van der Waals surface area contributed by atoms with Gasteiger partial charge >= 0.3 is 0 Å². The molecule has 0 radical (unpaired) electrons. The summed E-state index contributed by atoms with van der Waals surface area (Å²) < 4.78 is 43.4. The van der Waals surface area contributed by atoms with Crippen molar-refractivity contribution in [2.45, 2.75) is 0 Å². The molecular weight excluding hydrogens is 197 g/mol. The summed E-state index contributed by atoms with van der Waals surface area (Å²) in [6.45, 7) is 0. The lowest BCUT2D eigenvalue weighted by molar-refractivity contribution is 0.355. The lowest BCUT2D eigenvalue weighted by Crippen LogP contribution is -2.02. The smallest absolute Gasteiger partial charge is 0.191 e. The van der Waals surface area contributed by atoms with Gasteiger partial charge in [0.15, 0.2) is 17.4 Å². The third-order valence-electron chi connectivity index (χ3n) is 1.57. The highest BCUT2D eigenvalue weighted by atomic mass is 19.1. The second kappa shape index (κ2) is 3.99. The third kappa shape index (κ3) is 1.63. The molecule has 0 amide bonds. The number of nitrogens with zero attached hydrogens (tertiary/aromatic N) is 1. The van der Waals surface area contributed by atoms with Gasteiger partial charge in [-0.15, -0.1) is 0 Å². The van der Waals surface area contributed by atoms with Gasteiger partial charge in [-0.05, 0) is 0 Å². The fourth-order valence-corrected chi connectivity index (χ4v) is 0.967. The molecule has 0 aromatic heterocycles. The summed E-state index contributed by atoms with van der Waals surface area (Å²) in [5.41, 5.74) is -0.536. The van der Waals surface area contributed by atoms with E-state index in [1.807, 2.05) is 0 Å². The van der Waals surface area contributed by atoms with Gasteiger partial charge in [0, 0.05) is 6.07 Å². The molecule has 0 bridgehead atoms. The van der Waals surface area contributed by atoms with Gasteiger partial charge in [0.05, 0.1) is 18.9 Å². The first kappa shape index (κ1) is 10.4. The van der Waals surface area contributed by atoms with Gasteiger partial charge < -0.3 is 10.6 Å². The summed E-state index contributed by atoms with van der Waals surface area (Å²) >= 11 is 0. The number of hydrogen-bond acceptors (Lipinski definition) is 3. The minimum absolute atomic E-state index is 0.499. The monoisotopic (exact) mass is 204 g/mol. The molecule has 76 valence electrons. The van der Waals surface area contributed by atoms with E-state index < -0.39 is 28.8 Å². The summed E-state index contributed by atoms with van der Waals surface area (Å²) in [4.78, 5) is 0. The van der Waals surface area contributed by atoms with Crippen LogP contribution in [0.25, 0.3) is 0 Å². The highest BCUT2D eigenvalue weighted by Gasteiger charge is 2.17. The predicted molar refractivity (Wildman–Crippen MR) is 44.6 cm³/mol. The lowest BCUT2D eigenvalue weighted by atomic mass is 10.2. The SMILES string of the molecule is COc1c(F)cc(F)c(C=NN)c1F. The van der Waals surface area contributed by atoms with Crippen LogP contribution in [0, 0.1) is 17.5 Å². The average Bonchev–Trinajstić information content (AvgIpc) is 2.12. The van der Waals surface area contributed by atoms with Gasteiger partial charge in [0.25, 0.3) is 0 Å². The molecule has 0 fully saturated rings. The van der Waals surface area contributed by atoms with E-state index in [9.17, 15) is 13.2 Å². The number of rotatable bonds is 2. The van der Waals surface area contributed by atoms with Crippen LogP contribution in [0.15, 0.2) is 11.2 Å². The molecule has 0 saturated carbocycles. The Hall–Kier alpha value is -1.72. The second-order valence-corrected chi connectivity index (χ2v) is 2.38. The van der Waals surface area contributed by atoms with Crippen LogP contribution in [0.1, 0.15) is 5.56 Å². The van der Waals surface area contributed by atoms with Crippen LogP contribution in [-0.2, 0) is 0 Å². The van der Waals surface area contributed by atoms with E-state index in [2.05, 4.69) is 9.84 Å². The van der Waals surface area contributed by atoms with Crippen LogP contribution in [0.3, 0.4) is 0 Å². The Balaban J connectivity index is 3.43. The van der Waals surface area contributed by atoms with E-state index in [1.165, 1.54) is 0 Å². The fourth-order valence-electron chi connectivity index (χ4n) is 0.967. The number of ether oxygens (including phenoxy) is 1. The van der Waals surface area contributed by atoms with Crippen molar-refractivity contribution < 1.29 is 17.9 Å². The first-order chi connectivity index (χ1) is 6.61. The van der Waals surface area contributed by atoms with E-state index in [4.69, 9.17) is 5.84 Å². The van der Waals surface area contributed by atoms with Crippen molar-refractivity contribution >= 4 is 6.21 Å². The van der Waals surface area contributed by atoms with Crippen molar-refractivity contribution in [3.8, 4) is 5.75 Å². The highest BCUT2D eigenvalue weighted by molar-refractivity contribution is 5.81. The van der Waals surface area contributed by atoms with Gasteiger partial charge in [-0.25, -0.2) is 13.2 Å². The van der Waals surface area contributed by atoms with E-state index in [1.54, 1.807) is 0 Å². The standard InChI is InChI=1S/C8H7F3N2O/c1-14-8-6(10)2-5(9)4(3-13-12)7(8)11/h2-3H,12H2,1H3. The molecule has 3 nitrogen and oxygen atoms in total. The van der Waals surface area contributed by atoms with Crippen LogP contribution in [0.4, 0.5) is 13.2 Å². The molecule has 6 heteroatoms. The fraction of sp³-hybridized carbons (Fsp3) is 0.125. The Labute approximate surface area is 78.0 Å². The molecule has 0 atom stereocenters. The summed E-state index contributed by atoms with van der Waals surface area (Å²) in [5, 5.41) is 2.95. The highest BCUT2D eigenvalue weighted by Crippen LogP contribution is 2.25. The number of methoxy groups -OCH3 is 1. The minimum atomic E-state index is -1.17. The Morgan fingerprint density at radius 1 is 1.36 bits per heavy atom. The van der Waals surface area contributed by atoms with Crippen molar-refractivity contribution in [1.29, 1.82) is 0 Å². The molecule has 1 aromatic rings.